The number of rotatable bonds is 3. The van der Waals surface area contributed by atoms with Crippen LogP contribution in [0.25, 0.3) is 14.8 Å². The minimum atomic E-state index is -0.0255. The third kappa shape index (κ3) is 1.77. The quantitative estimate of drug-likeness (QED) is 0.801. The van der Waals surface area contributed by atoms with Crippen LogP contribution in [-0.4, -0.2) is 19.7 Å². The van der Waals surface area contributed by atoms with Gasteiger partial charge < -0.3 is 5.11 Å². The molecule has 0 aliphatic carbocycles. The second kappa shape index (κ2) is 4.46. The number of aliphatic hydroxyl groups is 1. The van der Waals surface area contributed by atoms with Crippen molar-refractivity contribution in [3.05, 3.63) is 28.9 Å². The Kier molecular flexibility index (Phi) is 2.93. The lowest BCUT2D eigenvalue weighted by Gasteiger charge is -2.02. The number of nitrogens with zero attached hydrogens (tertiary/aromatic N) is 3. The van der Waals surface area contributed by atoms with Crippen LogP contribution < -0.4 is 0 Å². The highest BCUT2D eigenvalue weighted by Gasteiger charge is 2.18. The summed E-state index contributed by atoms with van der Waals surface area (Å²) in [5.74, 6) is 0.297. The average molecular weight is 279 g/mol. The summed E-state index contributed by atoms with van der Waals surface area (Å²) in [6.07, 6.45) is 0. The van der Waals surface area contributed by atoms with E-state index in [1.54, 1.807) is 27.2 Å². The fourth-order valence-electron chi connectivity index (χ4n) is 1.92. The Balaban J connectivity index is 2.17. The predicted octanol–water partition coefficient (Wildman–Crippen LogP) is 3.14. The Labute approximate surface area is 113 Å². The molecule has 4 nitrogen and oxygen atoms in total. The van der Waals surface area contributed by atoms with Crippen molar-refractivity contribution >= 4 is 27.6 Å². The van der Waals surface area contributed by atoms with E-state index in [4.69, 9.17) is 0 Å². The van der Waals surface area contributed by atoms with Crippen molar-refractivity contribution in [1.29, 1.82) is 0 Å². The first kappa shape index (κ1) is 11.8. The zero-order chi connectivity index (χ0) is 12.7. The smallest absolute Gasteiger partial charge is 0.213 e. The third-order valence-electron chi connectivity index (χ3n) is 2.76. The van der Waals surface area contributed by atoms with Crippen LogP contribution in [0.2, 0.25) is 0 Å². The fourth-order valence-corrected chi connectivity index (χ4v) is 3.63. The highest BCUT2D eigenvalue weighted by molar-refractivity contribution is 7.23. The van der Waals surface area contributed by atoms with E-state index in [9.17, 15) is 5.11 Å². The van der Waals surface area contributed by atoms with Crippen molar-refractivity contribution in [3.63, 3.8) is 0 Å². The predicted molar refractivity (Wildman–Crippen MR) is 74.2 cm³/mol. The largest absolute Gasteiger partial charge is 0.390 e. The maximum atomic E-state index is 9.50. The van der Waals surface area contributed by atoms with E-state index in [-0.39, 0.29) is 6.61 Å². The van der Waals surface area contributed by atoms with E-state index in [0.717, 1.165) is 26.2 Å². The molecule has 1 N–H and O–H groups in total. The van der Waals surface area contributed by atoms with Gasteiger partial charge in [0.2, 0.25) is 4.96 Å². The number of hydrogen-bond donors (Lipinski definition) is 1. The maximum absolute atomic E-state index is 9.50. The van der Waals surface area contributed by atoms with Gasteiger partial charge in [-0.15, -0.1) is 11.3 Å². The highest BCUT2D eigenvalue weighted by Crippen LogP contribution is 2.31. The van der Waals surface area contributed by atoms with Crippen molar-refractivity contribution in [2.75, 3.05) is 0 Å². The molecule has 94 valence electrons. The van der Waals surface area contributed by atoms with Gasteiger partial charge in [-0.3, -0.25) is 0 Å². The second-order valence-corrected chi connectivity index (χ2v) is 6.24. The first-order chi connectivity index (χ1) is 8.70. The van der Waals surface area contributed by atoms with E-state index in [2.05, 4.69) is 23.9 Å². The molecule has 0 bridgehead atoms. The van der Waals surface area contributed by atoms with E-state index in [1.807, 2.05) is 17.5 Å². The first-order valence-electron chi connectivity index (χ1n) is 5.73. The highest BCUT2D eigenvalue weighted by atomic mass is 32.1. The molecule has 0 aromatic carbocycles. The summed E-state index contributed by atoms with van der Waals surface area (Å²) < 4.78 is 1.77. The third-order valence-corrected chi connectivity index (χ3v) is 4.70. The Morgan fingerprint density at radius 3 is 2.89 bits per heavy atom. The van der Waals surface area contributed by atoms with Crippen molar-refractivity contribution in [1.82, 2.24) is 14.6 Å². The van der Waals surface area contributed by atoms with Gasteiger partial charge >= 0.3 is 0 Å². The van der Waals surface area contributed by atoms with Gasteiger partial charge in [0, 0.05) is 0 Å². The normalized spacial score (nSPS) is 11.8. The van der Waals surface area contributed by atoms with Crippen LogP contribution in [0.5, 0.6) is 0 Å². The monoisotopic (exact) mass is 279 g/mol. The van der Waals surface area contributed by atoms with E-state index < -0.39 is 0 Å². The maximum Gasteiger partial charge on any atom is 0.213 e. The van der Waals surface area contributed by atoms with Crippen molar-refractivity contribution < 1.29 is 5.11 Å². The molecule has 6 heteroatoms. The van der Waals surface area contributed by atoms with Crippen LogP contribution in [0.4, 0.5) is 0 Å². The Bertz CT molecular complexity index is 667. The van der Waals surface area contributed by atoms with Gasteiger partial charge in [-0.05, 0) is 17.4 Å². The number of fused-ring (bicyclic) bond motifs is 1. The molecule has 3 aromatic heterocycles. The summed E-state index contributed by atoms with van der Waals surface area (Å²) in [6.45, 7) is 4.12. The molecule has 0 spiro atoms. The Morgan fingerprint density at radius 1 is 1.44 bits per heavy atom. The SMILES string of the molecule is CC(C)c1nc2sc(-c3cccs3)nn2c1CO. The Hall–Kier alpha value is -1.24. The summed E-state index contributed by atoms with van der Waals surface area (Å²) in [5, 5.41) is 17.0. The number of imidazole rings is 1. The molecule has 0 saturated carbocycles. The Morgan fingerprint density at radius 2 is 2.28 bits per heavy atom. The topological polar surface area (TPSA) is 50.4 Å². The van der Waals surface area contributed by atoms with Crippen LogP contribution >= 0.6 is 22.7 Å². The minimum Gasteiger partial charge on any atom is -0.390 e. The molecule has 3 rings (SSSR count). The molecule has 0 aliphatic heterocycles. The van der Waals surface area contributed by atoms with Gasteiger partial charge in [-0.25, -0.2) is 9.50 Å². The molecule has 0 amide bonds. The molecule has 0 saturated heterocycles. The minimum absolute atomic E-state index is 0.0255. The van der Waals surface area contributed by atoms with Gasteiger partial charge in [-0.1, -0.05) is 31.3 Å². The van der Waals surface area contributed by atoms with Gasteiger partial charge in [0.05, 0.1) is 22.9 Å². The van der Waals surface area contributed by atoms with Crippen LogP contribution in [0, 0.1) is 0 Å². The number of aromatic nitrogens is 3. The van der Waals surface area contributed by atoms with Crippen LogP contribution in [0.15, 0.2) is 17.5 Å². The summed E-state index contributed by atoms with van der Waals surface area (Å²) in [4.78, 5) is 6.57. The average Bonchev–Trinajstić information content (AvgIpc) is 3.02. The zero-order valence-corrected chi connectivity index (χ0v) is 11.8. The van der Waals surface area contributed by atoms with Crippen LogP contribution in [-0.2, 0) is 6.61 Å². The molecule has 3 aromatic rings. The molecule has 3 heterocycles. The van der Waals surface area contributed by atoms with Gasteiger partial charge in [0.25, 0.3) is 0 Å². The van der Waals surface area contributed by atoms with Crippen molar-refractivity contribution in [2.45, 2.75) is 26.4 Å². The first-order valence-corrected chi connectivity index (χ1v) is 7.43. The van der Waals surface area contributed by atoms with Crippen molar-refractivity contribution in [3.8, 4) is 9.88 Å². The lowest BCUT2D eigenvalue weighted by molar-refractivity contribution is 0.272. The molecule has 0 aliphatic rings. The van der Waals surface area contributed by atoms with Gasteiger partial charge in [0.15, 0.2) is 5.01 Å². The molecule has 0 radical (unpaired) electrons. The molecule has 0 atom stereocenters. The van der Waals surface area contributed by atoms with E-state index >= 15 is 0 Å². The molecule has 0 unspecified atom stereocenters. The van der Waals surface area contributed by atoms with Crippen molar-refractivity contribution in [2.24, 2.45) is 0 Å². The summed E-state index contributed by atoms with van der Waals surface area (Å²) in [7, 11) is 0. The number of thiophene rings is 1. The number of hydrogen-bond acceptors (Lipinski definition) is 5. The number of aliphatic hydroxyl groups excluding tert-OH is 1. The fraction of sp³-hybridized carbons (Fsp3) is 0.333. The lowest BCUT2D eigenvalue weighted by atomic mass is 10.1. The molecular formula is C12H13N3OS2. The zero-order valence-electron chi connectivity index (χ0n) is 10.1. The van der Waals surface area contributed by atoms with Gasteiger partial charge in [0.1, 0.15) is 0 Å². The molecular weight excluding hydrogens is 266 g/mol. The molecule has 0 fully saturated rings. The van der Waals surface area contributed by atoms with E-state index in [0.29, 0.717) is 5.92 Å². The summed E-state index contributed by atoms with van der Waals surface area (Å²) >= 11 is 3.23. The van der Waals surface area contributed by atoms with E-state index in [1.165, 1.54) is 0 Å². The second-order valence-electron chi connectivity index (χ2n) is 4.34. The van der Waals surface area contributed by atoms with Crippen LogP contribution in [0.1, 0.15) is 31.2 Å². The lowest BCUT2D eigenvalue weighted by Crippen LogP contribution is -1.99. The molecule has 18 heavy (non-hydrogen) atoms. The van der Waals surface area contributed by atoms with Crippen LogP contribution in [0.3, 0.4) is 0 Å². The van der Waals surface area contributed by atoms with Gasteiger partial charge in [-0.2, -0.15) is 5.10 Å². The summed E-state index contributed by atoms with van der Waals surface area (Å²) in [6, 6.07) is 4.06. The summed E-state index contributed by atoms with van der Waals surface area (Å²) in [5.41, 5.74) is 1.74. The standard InChI is InChI=1S/C12H13N3OS2/c1-7(2)10-8(6-16)15-12(13-10)18-11(14-15)9-4-3-5-17-9/h3-5,7,16H,6H2,1-2H3.